The fraction of sp³-hybridized carbons (Fsp3) is 0.105. The lowest BCUT2D eigenvalue weighted by Gasteiger charge is -2.02. The summed E-state index contributed by atoms with van der Waals surface area (Å²) in [6.45, 7) is 1.86. The second-order valence-corrected chi connectivity index (χ2v) is 8.63. The SMILES string of the molecule is Cc1cc(C(=O)Nc2ccc3nc(SCn4nnc5ccccc54)sc3c2)n[nH]1. The lowest BCUT2D eigenvalue weighted by molar-refractivity contribution is 0.102. The van der Waals surface area contributed by atoms with Crippen LogP contribution in [0.5, 0.6) is 0 Å². The van der Waals surface area contributed by atoms with E-state index in [4.69, 9.17) is 0 Å². The Morgan fingerprint density at radius 3 is 2.97 bits per heavy atom. The molecule has 0 aliphatic rings. The van der Waals surface area contributed by atoms with Gasteiger partial charge in [-0.3, -0.25) is 9.89 Å². The summed E-state index contributed by atoms with van der Waals surface area (Å²) in [5.41, 5.74) is 4.70. The Bertz CT molecular complexity index is 1340. The fourth-order valence-corrected chi connectivity index (χ4v) is 4.89. The maximum Gasteiger partial charge on any atom is 0.276 e. The number of carbonyl (C=O) groups is 1. The van der Waals surface area contributed by atoms with Crippen molar-refractivity contribution in [2.75, 3.05) is 5.32 Å². The molecule has 2 aromatic carbocycles. The van der Waals surface area contributed by atoms with Crippen LogP contribution >= 0.6 is 23.1 Å². The number of aromatic amines is 1. The first-order chi connectivity index (χ1) is 14.2. The Kier molecular flexibility index (Phi) is 4.49. The summed E-state index contributed by atoms with van der Waals surface area (Å²) in [6.07, 6.45) is 0. The first kappa shape index (κ1) is 17.8. The van der Waals surface area contributed by atoms with E-state index in [9.17, 15) is 4.79 Å². The molecule has 5 aromatic rings. The van der Waals surface area contributed by atoms with Gasteiger partial charge in [0, 0.05) is 11.4 Å². The van der Waals surface area contributed by atoms with Crippen LogP contribution in [0.3, 0.4) is 0 Å². The molecule has 29 heavy (non-hydrogen) atoms. The predicted molar refractivity (Wildman–Crippen MR) is 114 cm³/mol. The van der Waals surface area contributed by atoms with Gasteiger partial charge in [0.25, 0.3) is 5.91 Å². The molecule has 0 saturated carbocycles. The molecule has 0 aliphatic heterocycles. The van der Waals surface area contributed by atoms with Gasteiger partial charge in [-0.15, -0.1) is 16.4 Å². The van der Waals surface area contributed by atoms with Crippen LogP contribution in [0.1, 0.15) is 16.2 Å². The summed E-state index contributed by atoms with van der Waals surface area (Å²) in [5, 5.41) is 18.0. The smallest absolute Gasteiger partial charge is 0.276 e. The van der Waals surface area contributed by atoms with Gasteiger partial charge in [-0.2, -0.15) is 5.10 Å². The van der Waals surface area contributed by atoms with Crippen molar-refractivity contribution < 1.29 is 4.79 Å². The van der Waals surface area contributed by atoms with Crippen LogP contribution in [-0.2, 0) is 5.88 Å². The van der Waals surface area contributed by atoms with Gasteiger partial charge in [-0.25, -0.2) is 9.67 Å². The molecule has 10 heteroatoms. The highest BCUT2D eigenvalue weighted by Crippen LogP contribution is 2.32. The minimum absolute atomic E-state index is 0.245. The number of hydrogen-bond acceptors (Lipinski definition) is 7. The summed E-state index contributed by atoms with van der Waals surface area (Å²) in [6, 6.07) is 15.3. The predicted octanol–water partition coefficient (Wildman–Crippen LogP) is 4.07. The van der Waals surface area contributed by atoms with Crippen molar-refractivity contribution in [1.82, 2.24) is 30.2 Å². The molecule has 0 spiro atoms. The molecule has 0 atom stereocenters. The Hall–Kier alpha value is -3.24. The average Bonchev–Trinajstić information content (AvgIpc) is 3.43. The summed E-state index contributed by atoms with van der Waals surface area (Å²) < 4.78 is 3.81. The second kappa shape index (κ2) is 7.30. The normalized spacial score (nSPS) is 11.3. The van der Waals surface area contributed by atoms with Crippen molar-refractivity contribution >= 4 is 55.9 Å². The highest BCUT2D eigenvalue weighted by molar-refractivity contribution is 8.00. The zero-order valence-electron chi connectivity index (χ0n) is 15.3. The van der Waals surface area contributed by atoms with Crippen LogP contribution < -0.4 is 5.32 Å². The number of amides is 1. The number of carbonyl (C=O) groups excluding carboxylic acids is 1. The third kappa shape index (κ3) is 3.59. The summed E-state index contributed by atoms with van der Waals surface area (Å²) in [5.74, 6) is 0.383. The standard InChI is InChI=1S/C19H15N7OS2/c1-11-8-15(23-22-11)18(27)20-12-6-7-14-17(9-12)29-19(21-14)28-10-26-16-5-3-2-4-13(16)24-25-26/h2-9H,10H2,1H3,(H,20,27)(H,22,23). The van der Waals surface area contributed by atoms with Gasteiger partial charge in [0.2, 0.25) is 0 Å². The van der Waals surface area contributed by atoms with E-state index in [1.807, 2.05) is 54.1 Å². The molecule has 2 N–H and O–H groups in total. The monoisotopic (exact) mass is 421 g/mol. The van der Waals surface area contributed by atoms with Crippen molar-refractivity contribution in [3.05, 3.63) is 59.9 Å². The van der Waals surface area contributed by atoms with E-state index in [0.29, 0.717) is 17.3 Å². The number of H-pyrrole nitrogens is 1. The molecule has 0 fully saturated rings. The van der Waals surface area contributed by atoms with Gasteiger partial charge in [-0.05, 0) is 43.3 Å². The van der Waals surface area contributed by atoms with Crippen LogP contribution in [0.2, 0.25) is 0 Å². The van der Waals surface area contributed by atoms with Crippen LogP contribution in [0.15, 0.2) is 52.9 Å². The van der Waals surface area contributed by atoms with Crippen molar-refractivity contribution in [2.45, 2.75) is 17.1 Å². The number of para-hydroxylation sites is 1. The number of aryl methyl sites for hydroxylation is 1. The molecule has 0 saturated heterocycles. The van der Waals surface area contributed by atoms with Crippen LogP contribution in [0.25, 0.3) is 21.3 Å². The number of thioether (sulfide) groups is 1. The topological polar surface area (TPSA) is 101 Å². The Morgan fingerprint density at radius 2 is 2.10 bits per heavy atom. The van der Waals surface area contributed by atoms with E-state index in [1.54, 1.807) is 29.2 Å². The van der Waals surface area contributed by atoms with Crippen molar-refractivity contribution in [1.29, 1.82) is 0 Å². The Labute approximate surface area is 173 Å². The summed E-state index contributed by atoms with van der Waals surface area (Å²) in [7, 11) is 0. The number of nitrogens with one attached hydrogen (secondary N) is 2. The summed E-state index contributed by atoms with van der Waals surface area (Å²) in [4.78, 5) is 16.9. The van der Waals surface area contributed by atoms with Gasteiger partial charge in [-0.1, -0.05) is 29.1 Å². The molecule has 0 bridgehead atoms. The first-order valence-electron chi connectivity index (χ1n) is 8.81. The van der Waals surface area contributed by atoms with E-state index in [1.165, 1.54) is 0 Å². The van der Waals surface area contributed by atoms with Crippen LogP contribution in [0.4, 0.5) is 5.69 Å². The third-order valence-corrected chi connectivity index (χ3v) is 6.42. The molecule has 5 rings (SSSR count). The number of rotatable bonds is 5. The first-order valence-corrected chi connectivity index (χ1v) is 10.6. The van der Waals surface area contributed by atoms with E-state index < -0.39 is 0 Å². The van der Waals surface area contributed by atoms with Crippen LogP contribution in [0, 0.1) is 6.92 Å². The lowest BCUT2D eigenvalue weighted by atomic mass is 10.3. The molecule has 0 unspecified atom stereocenters. The number of thiazole rings is 1. The highest BCUT2D eigenvalue weighted by Gasteiger charge is 2.12. The van der Waals surface area contributed by atoms with E-state index in [2.05, 4.69) is 30.8 Å². The molecule has 1 amide bonds. The quantitative estimate of drug-likeness (QED) is 0.415. The minimum atomic E-state index is -0.245. The number of anilines is 1. The molecule has 3 aromatic heterocycles. The molecule has 144 valence electrons. The van der Waals surface area contributed by atoms with E-state index in [-0.39, 0.29) is 5.91 Å². The van der Waals surface area contributed by atoms with E-state index in [0.717, 1.165) is 31.3 Å². The maximum absolute atomic E-state index is 12.3. The number of aromatic nitrogens is 6. The largest absolute Gasteiger partial charge is 0.321 e. The number of benzene rings is 2. The van der Waals surface area contributed by atoms with Gasteiger partial charge < -0.3 is 5.32 Å². The second-order valence-electron chi connectivity index (χ2n) is 6.40. The fourth-order valence-electron chi connectivity index (χ4n) is 2.90. The number of fused-ring (bicyclic) bond motifs is 2. The maximum atomic E-state index is 12.3. The average molecular weight is 422 g/mol. The van der Waals surface area contributed by atoms with Gasteiger partial charge in [0.15, 0.2) is 10.0 Å². The number of nitrogens with zero attached hydrogens (tertiary/aromatic N) is 5. The molecule has 0 radical (unpaired) electrons. The van der Waals surface area contributed by atoms with Gasteiger partial charge in [0.05, 0.1) is 21.6 Å². The van der Waals surface area contributed by atoms with Gasteiger partial charge in [0.1, 0.15) is 5.52 Å². The lowest BCUT2D eigenvalue weighted by Crippen LogP contribution is -2.12. The molecule has 8 nitrogen and oxygen atoms in total. The minimum Gasteiger partial charge on any atom is -0.321 e. The van der Waals surface area contributed by atoms with Crippen molar-refractivity contribution in [3.63, 3.8) is 0 Å². The molecular weight excluding hydrogens is 406 g/mol. The molecular formula is C19H15N7OS2. The highest BCUT2D eigenvalue weighted by atomic mass is 32.2. The Morgan fingerprint density at radius 1 is 1.21 bits per heavy atom. The zero-order valence-corrected chi connectivity index (χ0v) is 16.9. The zero-order chi connectivity index (χ0) is 19.8. The van der Waals surface area contributed by atoms with Crippen LogP contribution in [-0.4, -0.2) is 36.1 Å². The molecule has 0 aliphatic carbocycles. The summed E-state index contributed by atoms with van der Waals surface area (Å²) >= 11 is 3.19. The third-order valence-electron chi connectivity index (χ3n) is 4.30. The van der Waals surface area contributed by atoms with Gasteiger partial charge >= 0.3 is 0 Å². The molecule has 3 heterocycles. The van der Waals surface area contributed by atoms with Crippen molar-refractivity contribution in [2.24, 2.45) is 0 Å². The van der Waals surface area contributed by atoms with E-state index >= 15 is 0 Å². The Balaban J connectivity index is 1.32. The van der Waals surface area contributed by atoms with Crippen molar-refractivity contribution in [3.8, 4) is 0 Å². The number of hydrogen-bond donors (Lipinski definition) is 2.